The second-order valence-electron chi connectivity index (χ2n) is 6.03. The van der Waals surface area contributed by atoms with Crippen LogP contribution in [0.4, 0.5) is 5.69 Å². The van der Waals surface area contributed by atoms with Gasteiger partial charge >= 0.3 is 0 Å². The lowest BCUT2D eigenvalue weighted by Gasteiger charge is -2.41. The lowest BCUT2D eigenvalue weighted by Crippen LogP contribution is -2.39. The number of aliphatic hydroxyl groups excluding tert-OH is 1. The third-order valence-electron chi connectivity index (χ3n) is 4.60. The van der Waals surface area contributed by atoms with Crippen LogP contribution in [0.5, 0.6) is 0 Å². The first-order valence-electron chi connectivity index (χ1n) is 7.18. The van der Waals surface area contributed by atoms with E-state index in [2.05, 4.69) is 46.8 Å². The van der Waals surface area contributed by atoms with Crippen LogP contribution in [0.2, 0.25) is 0 Å². The summed E-state index contributed by atoms with van der Waals surface area (Å²) in [4.78, 5) is 2.42. The van der Waals surface area contributed by atoms with Crippen molar-refractivity contribution in [1.29, 1.82) is 0 Å². The van der Waals surface area contributed by atoms with Crippen LogP contribution in [-0.2, 0) is 0 Å². The molecular weight excluding hydrogens is 302 g/mol. The van der Waals surface area contributed by atoms with E-state index in [-0.39, 0.29) is 0 Å². The fourth-order valence-corrected chi connectivity index (χ4v) is 3.17. The number of anilines is 1. The standard InChI is InChI=1S/C16H24BrNO/c1-4-16(3)7-9-18(10-8-16)15-6-5-13(17)11-14(15)12(2)19/h5-6,11-12,19H,4,7-10H2,1-3H3. The highest BCUT2D eigenvalue weighted by Crippen LogP contribution is 2.38. The molecule has 2 nitrogen and oxygen atoms in total. The molecule has 1 fully saturated rings. The molecule has 0 bridgehead atoms. The van der Waals surface area contributed by atoms with Gasteiger partial charge in [-0.2, -0.15) is 0 Å². The van der Waals surface area contributed by atoms with Crippen molar-refractivity contribution in [3.63, 3.8) is 0 Å². The topological polar surface area (TPSA) is 23.5 Å². The number of aliphatic hydroxyl groups is 1. The van der Waals surface area contributed by atoms with Gasteiger partial charge in [0, 0.05) is 28.8 Å². The number of hydrogen-bond donors (Lipinski definition) is 1. The van der Waals surface area contributed by atoms with Gasteiger partial charge in [0.05, 0.1) is 6.10 Å². The van der Waals surface area contributed by atoms with Gasteiger partial charge in [-0.15, -0.1) is 0 Å². The molecule has 0 aromatic heterocycles. The molecule has 0 spiro atoms. The number of rotatable bonds is 3. The van der Waals surface area contributed by atoms with Crippen LogP contribution < -0.4 is 4.90 Å². The third-order valence-corrected chi connectivity index (χ3v) is 5.10. The van der Waals surface area contributed by atoms with Gasteiger partial charge in [-0.3, -0.25) is 0 Å². The Balaban J connectivity index is 2.20. The molecule has 2 rings (SSSR count). The average Bonchev–Trinajstić information content (AvgIpc) is 2.40. The second-order valence-corrected chi connectivity index (χ2v) is 6.95. The van der Waals surface area contributed by atoms with Crippen LogP contribution in [0, 0.1) is 5.41 Å². The van der Waals surface area contributed by atoms with Gasteiger partial charge in [-0.05, 0) is 43.4 Å². The van der Waals surface area contributed by atoms with Crippen LogP contribution in [0.15, 0.2) is 22.7 Å². The Hall–Kier alpha value is -0.540. The van der Waals surface area contributed by atoms with Gasteiger partial charge in [0.1, 0.15) is 0 Å². The van der Waals surface area contributed by atoms with Crippen molar-refractivity contribution in [2.24, 2.45) is 5.41 Å². The molecule has 0 saturated carbocycles. The van der Waals surface area contributed by atoms with Crippen LogP contribution in [0.1, 0.15) is 51.7 Å². The summed E-state index contributed by atoms with van der Waals surface area (Å²) in [5, 5.41) is 9.96. The first-order valence-corrected chi connectivity index (χ1v) is 7.97. The van der Waals surface area contributed by atoms with Gasteiger partial charge in [0.25, 0.3) is 0 Å². The molecule has 0 amide bonds. The Bertz CT molecular complexity index is 436. The monoisotopic (exact) mass is 325 g/mol. The van der Waals surface area contributed by atoms with Crippen LogP contribution in [0.25, 0.3) is 0 Å². The summed E-state index contributed by atoms with van der Waals surface area (Å²) < 4.78 is 1.03. The number of nitrogens with zero attached hydrogens (tertiary/aromatic N) is 1. The van der Waals surface area contributed by atoms with Crippen molar-refractivity contribution >= 4 is 21.6 Å². The normalized spacial score (nSPS) is 20.4. The average molecular weight is 326 g/mol. The Morgan fingerprint density at radius 2 is 2.00 bits per heavy atom. The molecule has 19 heavy (non-hydrogen) atoms. The summed E-state index contributed by atoms with van der Waals surface area (Å²) in [7, 11) is 0. The summed E-state index contributed by atoms with van der Waals surface area (Å²) in [6, 6.07) is 6.23. The number of hydrogen-bond acceptors (Lipinski definition) is 2. The summed E-state index contributed by atoms with van der Waals surface area (Å²) in [5.74, 6) is 0. The van der Waals surface area contributed by atoms with Gasteiger partial charge in [0.15, 0.2) is 0 Å². The minimum Gasteiger partial charge on any atom is -0.389 e. The molecular formula is C16H24BrNO. The smallest absolute Gasteiger partial charge is 0.0782 e. The summed E-state index contributed by atoms with van der Waals surface area (Å²) in [6.07, 6.45) is 3.30. The molecule has 1 heterocycles. The molecule has 0 radical (unpaired) electrons. The maximum absolute atomic E-state index is 9.96. The highest BCUT2D eigenvalue weighted by Gasteiger charge is 2.29. The van der Waals surface area contributed by atoms with Crippen molar-refractivity contribution in [3.8, 4) is 0 Å². The van der Waals surface area contributed by atoms with E-state index < -0.39 is 6.10 Å². The molecule has 1 saturated heterocycles. The summed E-state index contributed by atoms with van der Waals surface area (Å²) in [6.45, 7) is 8.70. The van der Waals surface area contributed by atoms with E-state index in [1.54, 1.807) is 0 Å². The lowest BCUT2D eigenvalue weighted by atomic mass is 9.78. The van der Waals surface area contributed by atoms with Crippen molar-refractivity contribution in [3.05, 3.63) is 28.2 Å². The largest absolute Gasteiger partial charge is 0.389 e. The number of piperidine rings is 1. The molecule has 1 atom stereocenters. The molecule has 1 aromatic rings. The molecule has 1 unspecified atom stereocenters. The van der Waals surface area contributed by atoms with Crippen LogP contribution in [-0.4, -0.2) is 18.2 Å². The SMILES string of the molecule is CCC1(C)CCN(c2ccc(Br)cc2C(C)O)CC1. The van der Waals surface area contributed by atoms with E-state index in [9.17, 15) is 5.11 Å². The van der Waals surface area contributed by atoms with Crippen molar-refractivity contribution < 1.29 is 5.11 Å². The minimum absolute atomic E-state index is 0.424. The van der Waals surface area contributed by atoms with Crippen LogP contribution in [0.3, 0.4) is 0 Å². The van der Waals surface area contributed by atoms with Gasteiger partial charge in [0.2, 0.25) is 0 Å². The van der Waals surface area contributed by atoms with Crippen molar-refractivity contribution in [2.45, 2.75) is 46.1 Å². The zero-order valence-corrected chi connectivity index (χ0v) is 13.7. The maximum atomic E-state index is 9.96. The summed E-state index contributed by atoms with van der Waals surface area (Å²) >= 11 is 3.49. The fourth-order valence-electron chi connectivity index (χ4n) is 2.79. The van der Waals surface area contributed by atoms with E-state index in [1.165, 1.54) is 24.9 Å². The number of halogens is 1. The molecule has 3 heteroatoms. The zero-order chi connectivity index (χ0) is 14.0. The zero-order valence-electron chi connectivity index (χ0n) is 12.1. The van der Waals surface area contributed by atoms with Gasteiger partial charge in [-0.1, -0.05) is 36.2 Å². The third kappa shape index (κ3) is 3.32. The first kappa shape index (κ1) is 14.9. The fraction of sp³-hybridized carbons (Fsp3) is 0.625. The highest BCUT2D eigenvalue weighted by atomic mass is 79.9. The van der Waals surface area contributed by atoms with E-state index in [0.29, 0.717) is 5.41 Å². The minimum atomic E-state index is -0.424. The molecule has 1 aliphatic heterocycles. The van der Waals surface area contributed by atoms with Gasteiger partial charge in [-0.25, -0.2) is 0 Å². The predicted octanol–water partition coefficient (Wildman–Crippen LogP) is 4.52. The Morgan fingerprint density at radius 3 is 2.53 bits per heavy atom. The van der Waals surface area contributed by atoms with E-state index in [1.807, 2.05) is 13.0 Å². The number of benzene rings is 1. The van der Waals surface area contributed by atoms with E-state index in [0.717, 1.165) is 23.1 Å². The first-order chi connectivity index (χ1) is 8.95. The molecule has 0 aliphatic carbocycles. The summed E-state index contributed by atoms with van der Waals surface area (Å²) in [5.41, 5.74) is 2.71. The Kier molecular flexibility index (Phi) is 4.57. The molecule has 1 N–H and O–H groups in total. The van der Waals surface area contributed by atoms with E-state index in [4.69, 9.17) is 0 Å². The Morgan fingerprint density at radius 1 is 1.37 bits per heavy atom. The quantitative estimate of drug-likeness (QED) is 0.883. The lowest BCUT2D eigenvalue weighted by molar-refractivity contribution is 0.198. The molecule has 1 aromatic carbocycles. The predicted molar refractivity (Wildman–Crippen MR) is 84.6 cm³/mol. The highest BCUT2D eigenvalue weighted by molar-refractivity contribution is 9.10. The Labute approximate surface area is 124 Å². The maximum Gasteiger partial charge on any atom is 0.0782 e. The molecule has 106 valence electrons. The second kappa shape index (κ2) is 5.84. The van der Waals surface area contributed by atoms with Crippen molar-refractivity contribution in [1.82, 2.24) is 0 Å². The van der Waals surface area contributed by atoms with Crippen LogP contribution >= 0.6 is 15.9 Å². The van der Waals surface area contributed by atoms with E-state index >= 15 is 0 Å². The molecule has 1 aliphatic rings. The van der Waals surface area contributed by atoms with Gasteiger partial charge < -0.3 is 10.0 Å². The van der Waals surface area contributed by atoms with Crippen molar-refractivity contribution in [2.75, 3.05) is 18.0 Å².